The van der Waals surface area contributed by atoms with Gasteiger partial charge in [0.2, 0.25) is 0 Å². The van der Waals surface area contributed by atoms with E-state index in [-0.39, 0.29) is 5.91 Å². The highest BCUT2D eigenvalue weighted by Crippen LogP contribution is 2.16. The predicted molar refractivity (Wildman–Crippen MR) is 101 cm³/mol. The summed E-state index contributed by atoms with van der Waals surface area (Å²) in [6, 6.07) is 11.6. The first-order valence-electron chi connectivity index (χ1n) is 8.80. The molecule has 1 aliphatic heterocycles. The molecule has 0 spiro atoms. The van der Waals surface area contributed by atoms with E-state index >= 15 is 0 Å². The van der Waals surface area contributed by atoms with E-state index in [9.17, 15) is 4.79 Å². The molecular formula is C19H22N6O. The Hall–Kier alpha value is -2.93. The van der Waals surface area contributed by atoms with Crippen molar-refractivity contribution in [2.45, 2.75) is 6.54 Å². The molecule has 7 heteroatoms. The number of aromatic amines is 1. The molecule has 1 amide bonds. The standard InChI is InChI=1S/C19H22N6O/c1-24-8-10-25(11-9-24)17-7-6-14(12-20-17)13-21-19(26)18-15-4-2-3-5-16(15)22-23-18/h2-7,12H,8-11,13H2,1H3,(H,21,26)(H,22,23). The average Bonchev–Trinajstić information content (AvgIpc) is 3.11. The maximum Gasteiger partial charge on any atom is 0.272 e. The summed E-state index contributed by atoms with van der Waals surface area (Å²) in [7, 11) is 2.14. The van der Waals surface area contributed by atoms with Crippen molar-refractivity contribution >= 4 is 22.6 Å². The van der Waals surface area contributed by atoms with Gasteiger partial charge in [0.1, 0.15) is 5.82 Å². The summed E-state index contributed by atoms with van der Waals surface area (Å²) in [6.07, 6.45) is 1.83. The summed E-state index contributed by atoms with van der Waals surface area (Å²) in [5.41, 5.74) is 2.24. The Balaban J connectivity index is 1.38. The summed E-state index contributed by atoms with van der Waals surface area (Å²) in [6.45, 7) is 4.52. The molecular weight excluding hydrogens is 328 g/mol. The fraction of sp³-hybridized carbons (Fsp3) is 0.316. The Kier molecular flexibility index (Phi) is 4.53. The first-order chi connectivity index (χ1) is 12.7. The third-order valence-corrected chi connectivity index (χ3v) is 4.77. The van der Waals surface area contributed by atoms with Crippen LogP contribution in [0, 0.1) is 0 Å². The van der Waals surface area contributed by atoms with Crippen molar-refractivity contribution in [2.24, 2.45) is 0 Å². The second-order valence-corrected chi connectivity index (χ2v) is 6.62. The van der Waals surface area contributed by atoms with E-state index in [0.717, 1.165) is 48.5 Å². The number of rotatable bonds is 4. The molecule has 0 aliphatic carbocycles. The van der Waals surface area contributed by atoms with E-state index in [1.165, 1.54) is 0 Å². The number of aromatic nitrogens is 3. The first-order valence-corrected chi connectivity index (χ1v) is 8.80. The van der Waals surface area contributed by atoms with Gasteiger partial charge in [-0.2, -0.15) is 5.10 Å². The van der Waals surface area contributed by atoms with Crippen molar-refractivity contribution in [1.29, 1.82) is 0 Å². The first kappa shape index (κ1) is 16.5. The van der Waals surface area contributed by atoms with Crippen LogP contribution < -0.4 is 10.2 Å². The number of anilines is 1. The van der Waals surface area contributed by atoms with Crippen LogP contribution in [0.1, 0.15) is 16.1 Å². The fourth-order valence-electron chi connectivity index (χ4n) is 3.15. The summed E-state index contributed by atoms with van der Waals surface area (Å²) < 4.78 is 0. The van der Waals surface area contributed by atoms with Crippen molar-refractivity contribution in [3.05, 3.63) is 53.9 Å². The monoisotopic (exact) mass is 350 g/mol. The summed E-state index contributed by atoms with van der Waals surface area (Å²) >= 11 is 0. The molecule has 2 aromatic heterocycles. The van der Waals surface area contributed by atoms with Crippen LogP contribution in [0.4, 0.5) is 5.82 Å². The van der Waals surface area contributed by atoms with Crippen LogP contribution in [0.2, 0.25) is 0 Å². The highest BCUT2D eigenvalue weighted by molar-refractivity contribution is 6.04. The van der Waals surface area contributed by atoms with Gasteiger partial charge in [0.05, 0.1) is 5.52 Å². The van der Waals surface area contributed by atoms with Crippen molar-refractivity contribution in [3.63, 3.8) is 0 Å². The number of likely N-dealkylation sites (N-methyl/N-ethyl adjacent to an activating group) is 1. The minimum atomic E-state index is -0.189. The lowest BCUT2D eigenvalue weighted by atomic mass is 10.2. The highest BCUT2D eigenvalue weighted by Gasteiger charge is 2.16. The van der Waals surface area contributed by atoms with Gasteiger partial charge in [0.25, 0.3) is 5.91 Å². The minimum Gasteiger partial charge on any atom is -0.354 e. The largest absolute Gasteiger partial charge is 0.354 e. The lowest BCUT2D eigenvalue weighted by molar-refractivity contribution is 0.0947. The van der Waals surface area contributed by atoms with E-state index < -0.39 is 0 Å². The van der Waals surface area contributed by atoms with Crippen LogP contribution in [-0.2, 0) is 6.54 Å². The van der Waals surface area contributed by atoms with Gasteiger partial charge in [-0.1, -0.05) is 24.3 Å². The summed E-state index contributed by atoms with van der Waals surface area (Å²) in [5, 5.41) is 10.8. The van der Waals surface area contributed by atoms with Gasteiger partial charge in [-0.3, -0.25) is 9.89 Å². The molecule has 0 radical (unpaired) electrons. The van der Waals surface area contributed by atoms with Crippen molar-refractivity contribution < 1.29 is 4.79 Å². The van der Waals surface area contributed by atoms with Crippen LogP contribution in [0.3, 0.4) is 0 Å². The number of carbonyl (C=O) groups excluding carboxylic acids is 1. The number of amides is 1. The number of nitrogens with one attached hydrogen (secondary N) is 2. The number of fused-ring (bicyclic) bond motifs is 1. The third kappa shape index (κ3) is 3.39. The number of carbonyl (C=O) groups is 1. The van der Waals surface area contributed by atoms with Gasteiger partial charge in [-0.05, 0) is 24.7 Å². The molecule has 1 saturated heterocycles. The zero-order valence-electron chi connectivity index (χ0n) is 14.8. The Labute approximate surface area is 152 Å². The molecule has 1 fully saturated rings. The molecule has 1 aromatic carbocycles. The van der Waals surface area contributed by atoms with E-state index in [0.29, 0.717) is 12.2 Å². The molecule has 26 heavy (non-hydrogen) atoms. The third-order valence-electron chi connectivity index (χ3n) is 4.77. The van der Waals surface area contributed by atoms with Gasteiger partial charge in [0.15, 0.2) is 5.69 Å². The molecule has 0 unspecified atom stereocenters. The van der Waals surface area contributed by atoms with Crippen molar-refractivity contribution in [3.8, 4) is 0 Å². The molecule has 4 rings (SSSR count). The van der Waals surface area contributed by atoms with E-state index in [4.69, 9.17) is 0 Å². The SMILES string of the molecule is CN1CCN(c2ccc(CNC(=O)c3n[nH]c4ccccc34)cn2)CC1. The van der Waals surface area contributed by atoms with Crippen molar-refractivity contribution in [1.82, 2.24) is 25.4 Å². The predicted octanol–water partition coefficient (Wildman–Crippen LogP) is 1.64. The molecule has 2 N–H and O–H groups in total. The fourth-order valence-corrected chi connectivity index (χ4v) is 3.15. The Morgan fingerprint density at radius 1 is 1.15 bits per heavy atom. The van der Waals surface area contributed by atoms with Crippen LogP contribution in [0.5, 0.6) is 0 Å². The summed E-state index contributed by atoms with van der Waals surface area (Å²) in [5.74, 6) is 0.803. The van der Waals surface area contributed by atoms with Crippen LogP contribution in [-0.4, -0.2) is 59.2 Å². The quantitative estimate of drug-likeness (QED) is 0.748. The van der Waals surface area contributed by atoms with E-state index in [2.05, 4.69) is 37.3 Å². The van der Waals surface area contributed by atoms with Crippen LogP contribution in [0.25, 0.3) is 10.9 Å². The van der Waals surface area contributed by atoms with E-state index in [1.54, 1.807) is 0 Å². The Morgan fingerprint density at radius 2 is 1.96 bits per heavy atom. The molecule has 134 valence electrons. The number of pyridine rings is 1. The van der Waals surface area contributed by atoms with Gasteiger partial charge in [0, 0.05) is 44.3 Å². The average molecular weight is 350 g/mol. The van der Waals surface area contributed by atoms with Crippen LogP contribution in [0.15, 0.2) is 42.6 Å². The smallest absolute Gasteiger partial charge is 0.272 e. The number of benzene rings is 1. The van der Waals surface area contributed by atoms with Crippen LogP contribution >= 0.6 is 0 Å². The Morgan fingerprint density at radius 3 is 2.73 bits per heavy atom. The second-order valence-electron chi connectivity index (χ2n) is 6.62. The lowest BCUT2D eigenvalue weighted by Crippen LogP contribution is -2.44. The zero-order valence-corrected chi connectivity index (χ0v) is 14.8. The van der Waals surface area contributed by atoms with E-state index in [1.807, 2.05) is 42.6 Å². The molecule has 0 bridgehead atoms. The summed E-state index contributed by atoms with van der Waals surface area (Å²) in [4.78, 5) is 21.6. The minimum absolute atomic E-state index is 0.189. The van der Waals surface area contributed by atoms with Crippen molar-refractivity contribution in [2.75, 3.05) is 38.1 Å². The zero-order chi connectivity index (χ0) is 17.9. The molecule has 3 aromatic rings. The lowest BCUT2D eigenvalue weighted by Gasteiger charge is -2.33. The molecule has 1 aliphatic rings. The highest BCUT2D eigenvalue weighted by atomic mass is 16.1. The van der Waals surface area contributed by atoms with Gasteiger partial charge in [-0.25, -0.2) is 4.98 Å². The second kappa shape index (κ2) is 7.13. The number of piperazine rings is 1. The molecule has 3 heterocycles. The van der Waals surface area contributed by atoms with Gasteiger partial charge in [-0.15, -0.1) is 0 Å². The number of nitrogens with zero attached hydrogens (tertiary/aromatic N) is 4. The topological polar surface area (TPSA) is 77.1 Å². The molecule has 0 saturated carbocycles. The Bertz CT molecular complexity index is 896. The van der Waals surface area contributed by atoms with Gasteiger partial charge < -0.3 is 15.1 Å². The molecule has 7 nitrogen and oxygen atoms in total. The number of para-hydroxylation sites is 1. The van der Waals surface area contributed by atoms with Gasteiger partial charge >= 0.3 is 0 Å². The number of H-pyrrole nitrogens is 1. The number of hydrogen-bond acceptors (Lipinski definition) is 5. The normalized spacial score (nSPS) is 15.3. The molecule has 0 atom stereocenters. The number of hydrogen-bond donors (Lipinski definition) is 2. The maximum atomic E-state index is 12.4. The maximum absolute atomic E-state index is 12.4.